The second-order valence-corrected chi connectivity index (χ2v) is 5.18. The normalized spacial score (nSPS) is 12.5. The van der Waals surface area contributed by atoms with Crippen molar-refractivity contribution in [3.8, 4) is 0 Å². The zero-order valence-corrected chi connectivity index (χ0v) is 11.6. The van der Waals surface area contributed by atoms with E-state index < -0.39 is 0 Å². The molecule has 1 aromatic heterocycles. The molecule has 0 saturated heterocycles. The summed E-state index contributed by atoms with van der Waals surface area (Å²) in [5, 5.41) is 2.60. The van der Waals surface area contributed by atoms with E-state index >= 15 is 0 Å². The maximum absolute atomic E-state index is 12.0. The van der Waals surface area contributed by atoms with Crippen molar-refractivity contribution in [3.05, 3.63) is 16.1 Å². The van der Waals surface area contributed by atoms with Gasteiger partial charge in [-0.15, -0.1) is 11.3 Å². The molecule has 1 atom stereocenters. The van der Waals surface area contributed by atoms with Crippen LogP contribution in [0.3, 0.4) is 0 Å². The summed E-state index contributed by atoms with van der Waals surface area (Å²) in [5.74, 6) is -0.00995. The van der Waals surface area contributed by atoms with Gasteiger partial charge in [0.1, 0.15) is 10.7 Å². The largest absolute Gasteiger partial charge is 0.340 e. The van der Waals surface area contributed by atoms with E-state index in [2.05, 4.69) is 11.9 Å². The number of nitrogens with zero attached hydrogens (tertiary/aromatic N) is 2. The zero-order chi connectivity index (χ0) is 12.8. The Hall–Kier alpha value is -0.940. The lowest BCUT2D eigenvalue weighted by Gasteiger charge is -2.15. The summed E-state index contributed by atoms with van der Waals surface area (Å²) in [6.07, 6.45) is 3.36. The highest BCUT2D eigenvalue weighted by molar-refractivity contribution is 7.09. The Bertz CT molecular complexity index is 362. The third-order valence-electron chi connectivity index (χ3n) is 2.57. The van der Waals surface area contributed by atoms with Crippen LogP contribution in [0.25, 0.3) is 0 Å². The summed E-state index contributed by atoms with van der Waals surface area (Å²) in [4.78, 5) is 18.0. The molecule has 0 spiro atoms. The van der Waals surface area contributed by atoms with Gasteiger partial charge in [-0.25, -0.2) is 4.98 Å². The molecule has 0 aromatic carbocycles. The van der Waals surface area contributed by atoms with E-state index in [9.17, 15) is 4.79 Å². The number of hydrogen-bond donors (Lipinski definition) is 1. The van der Waals surface area contributed by atoms with Crippen LogP contribution in [0.5, 0.6) is 0 Å². The van der Waals surface area contributed by atoms with E-state index in [-0.39, 0.29) is 11.9 Å². The van der Waals surface area contributed by atoms with Gasteiger partial charge in [0.15, 0.2) is 0 Å². The van der Waals surface area contributed by atoms with E-state index in [1.54, 1.807) is 10.3 Å². The number of amides is 1. The average Bonchev–Trinajstić information content (AvgIpc) is 2.77. The number of rotatable bonds is 6. The van der Waals surface area contributed by atoms with Crippen molar-refractivity contribution < 1.29 is 4.79 Å². The second kappa shape index (κ2) is 6.71. The summed E-state index contributed by atoms with van der Waals surface area (Å²) in [6, 6.07) is -0.105. The van der Waals surface area contributed by atoms with E-state index in [1.807, 2.05) is 14.0 Å². The van der Waals surface area contributed by atoms with Crippen molar-refractivity contribution in [2.75, 3.05) is 13.6 Å². The van der Waals surface area contributed by atoms with E-state index in [0.29, 0.717) is 5.69 Å². The second-order valence-electron chi connectivity index (χ2n) is 4.29. The minimum atomic E-state index is -0.105. The van der Waals surface area contributed by atoms with Crippen LogP contribution in [-0.4, -0.2) is 29.4 Å². The molecule has 0 fully saturated rings. The molecule has 5 heteroatoms. The number of nitrogens with two attached hydrogens (primary N) is 1. The van der Waals surface area contributed by atoms with Crippen LogP contribution in [0.1, 0.15) is 54.6 Å². The number of hydrogen-bond acceptors (Lipinski definition) is 4. The molecule has 1 rings (SSSR count). The fourth-order valence-electron chi connectivity index (χ4n) is 1.49. The average molecular weight is 255 g/mol. The van der Waals surface area contributed by atoms with E-state index in [0.717, 1.165) is 30.8 Å². The van der Waals surface area contributed by atoms with Crippen molar-refractivity contribution in [3.63, 3.8) is 0 Å². The summed E-state index contributed by atoms with van der Waals surface area (Å²) in [6.45, 7) is 4.81. The quantitative estimate of drug-likeness (QED) is 0.794. The first-order chi connectivity index (χ1) is 8.06. The van der Waals surface area contributed by atoms with Crippen LogP contribution in [0, 0.1) is 0 Å². The molecule has 1 amide bonds. The van der Waals surface area contributed by atoms with Crippen LogP contribution < -0.4 is 5.73 Å². The molecule has 0 aliphatic heterocycles. The summed E-state index contributed by atoms with van der Waals surface area (Å²) in [7, 11) is 1.82. The Labute approximate surface area is 107 Å². The fraction of sp³-hybridized carbons (Fsp3) is 0.667. The van der Waals surface area contributed by atoms with Crippen molar-refractivity contribution in [1.29, 1.82) is 0 Å². The molecule has 0 saturated carbocycles. The highest BCUT2D eigenvalue weighted by Crippen LogP contribution is 2.16. The van der Waals surface area contributed by atoms with Gasteiger partial charge in [-0.2, -0.15) is 0 Å². The molecule has 96 valence electrons. The summed E-state index contributed by atoms with van der Waals surface area (Å²) in [5.41, 5.74) is 6.24. The van der Waals surface area contributed by atoms with Crippen molar-refractivity contribution in [2.24, 2.45) is 5.73 Å². The van der Waals surface area contributed by atoms with Crippen LogP contribution in [0.4, 0.5) is 0 Å². The Morgan fingerprint density at radius 2 is 2.29 bits per heavy atom. The van der Waals surface area contributed by atoms with Gasteiger partial charge in [0.2, 0.25) is 0 Å². The molecular weight excluding hydrogens is 234 g/mol. The van der Waals surface area contributed by atoms with Crippen LogP contribution in [0.15, 0.2) is 5.38 Å². The SMILES string of the molecule is CCCCCN(C)C(=O)c1csc(C(C)N)n1. The first-order valence-corrected chi connectivity index (χ1v) is 6.90. The van der Waals surface area contributed by atoms with Gasteiger partial charge in [-0.1, -0.05) is 19.8 Å². The van der Waals surface area contributed by atoms with Gasteiger partial charge in [-0.3, -0.25) is 4.79 Å². The number of carbonyl (C=O) groups excluding carboxylic acids is 1. The molecule has 1 unspecified atom stereocenters. The lowest BCUT2D eigenvalue weighted by molar-refractivity contribution is 0.0787. The van der Waals surface area contributed by atoms with Gasteiger partial charge in [0.05, 0.1) is 6.04 Å². The fourth-order valence-corrected chi connectivity index (χ4v) is 2.24. The Kier molecular flexibility index (Phi) is 5.58. The molecular formula is C12H21N3OS. The van der Waals surface area contributed by atoms with Gasteiger partial charge < -0.3 is 10.6 Å². The predicted molar refractivity (Wildman–Crippen MR) is 71.2 cm³/mol. The van der Waals surface area contributed by atoms with Crippen LogP contribution in [0.2, 0.25) is 0 Å². The molecule has 17 heavy (non-hydrogen) atoms. The van der Waals surface area contributed by atoms with Gasteiger partial charge >= 0.3 is 0 Å². The molecule has 2 N–H and O–H groups in total. The monoisotopic (exact) mass is 255 g/mol. The number of aromatic nitrogens is 1. The third-order valence-corrected chi connectivity index (χ3v) is 3.62. The molecule has 1 heterocycles. The minimum absolute atomic E-state index is 0.00995. The van der Waals surface area contributed by atoms with Crippen LogP contribution >= 0.6 is 11.3 Å². The van der Waals surface area contributed by atoms with Gasteiger partial charge in [-0.05, 0) is 13.3 Å². The van der Waals surface area contributed by atoms with Crippen LogP contribution in [-0.2, 0) is 0 Å². The van der Waals surface area contributed by atoms with Crippen molar-refractivity contribution >= 4 is 17.2 Å². The molecule has 0 bridgehead atoms. The molecule has 0 aliphatic carbocycles. The molecule has 1 aromatic rings. The predicted octanol–water partition coefficient (Wildman–Crippen LogP) is 2.42. The lowest BCUT2D eigenvalue weighted by Crippen LogP contribution is -2.28. The standard InChI is InChI=1S/C12H21N3OS/c1-4-5-6-7-15(3)12(16)10-8-17-11(14-10)9(2)13/h8-9H,4-7,13H2,1-3H3. The van der Waals surface area contributed by atoms with Crippen molar-refractivity contribution in [2.45, 2.75) is 39.2 Å². The minimum Gasteiger partial charge on any atom is -0.340 e. The third kappa shape index (κ3) is 4.09. The maximum Gasteiger partial charge on any atom is 0.273 e. The topological polar surface area (TPSA) is 59.2 Å². The van der Waals surface area contributed by atoms with Gasteiger partial charge in [0, 0.05) is 19.0 Å². The number of thiazole rings is 1. The Balaban J connectivity index is 2.55. The highest BCUT2D eigenvalue weighted by Gasteiger charge is 2.16. The number of unbranched alkanes of at least 4 members (excludes halogenated alkanes) is 2. The highest BCUT2D eigenvalue weighted by atomic mass is 32.1. The maximum atomic E-state index is 12.0. The van der Waals surface area contributed by atoms with Crippen molar-refractivity contribution in [1.82, 2.24) is 9.88 Å². The van der Waals surface area contributed by atoms with E-state index in [4.69, 9.17) is 5.73 Å². The zero-order valence-electron chi connectivity index (χ0n) is 10.8. The molecule has 0 aliphatic rings. The Morgan fingerprint density at radius 1 is 1.59 bits per heavy atom. The summed E-state index contributed by atoms with van der Waals surface area (Å²) >= 11 is 1.45. The smallest absolute Gasteiger partial charge is 0.273 e. The van der Waals surface area contributed by atoms with E-state index in [1.165, 1.54) is 11.3 Å². The Morgan fingerprint density at radius 3 is 2.82 bits per heavy atom. The first kappa shape index (κ1) is 14.1. The molecule has 0 radical (unpaired) electrons. The lowest BCUT2D eigenvalue weighted by atomic mass is 10.2. The number of carbonyl (C=O) groups is 1. The first-order valence-electron chi connectivity index (χ1n) is 6.02. The van der Waals surface area contributed by atoms with Gasteiger partial charge in [0.25, 0.3) is 5.91 Å². The molecule has 4 nitrogen and oxygen atoms in total. The summed E-state index contributed by atoms with van der Waals surface area (Å²) < 4.78 is 0.